The van der Waals surface area contributed by atoms with E-state index in [2.05, 4.69) is 60.2 Å². The van der Waals surface area contributed by atoms with E-state index in [4.69, 9.17) is 0 Å². The van der Waals surface area contributed by atoms with Crippen LogP contribution in [0, 0.1) is 6.92 Å². The number of unbranched alkanes of at least 4 members (excludes halogenated alkanes) is 2. The number of benzene rings is 1. The van der Waals surface area contributed by atoms with Gasteiger partial charge in [-0.3, -0.25) is 0 Å². The van der Waals surface area contributed by atoms with Crippen LogP contribution in [-0.2, 0) is 0 Å². The van der Waals surface area contributed by atoms with Gasteiger partial charge in [-0.1, -0.05) is 66.7 Å². The number of nitrogens with one attached hydrogen (secondary N) is 1. The fourth-order valence-corrected chi connectivity index (χ4v) is 2.67. The third-order valence-electron chi connectivity index (χ3n) is 3.07. The third-order valence-corrected chi connectivity index (χ3v) is 3.80. The van der Waals surface area contributed by atoms with Crippen LogP contribution in [0.25, 0.3) is 0 Å². The first-order valence-electron chi connectivity index (χ1n) is 6.68. The lowest BCUT2D eigenvalue weighted by atomic mass is 9.99. The maximum absolute atomic E-state index is 3.67. The van der Waals surface area contributed by atoms with Crippen LogP contribution in [0.2, 0.25) is 0 Å². The van der Waals surface area contributed by atoms with E-state index < -0.39 is 0 Å². The molecule has 0 aliphatic carbocycles. The van der Waals surface area contributed by atoms with Crippen molar-refractivity contribution in [3.05, 3.63) is 33.8 Å². The zero-order valence-electron chi connectivity index (χ0n) is 11.2. The van der Waals surface area contributed by atoms with Crippen molar-refractivity contribution in [1.29, 1.82) is 0 Å². The van der Waals surface area contributed by atoms with Crippen LogP contribution in [-0.4, -0.2) is 6.54 Å². The van der Waals surface area contributed by atoms with Gasteiger partial charge >= 0.3 is 0 Å². The zero-order valence-corrected chi connectivity index (χ0v) is 12.8. The average Bonchev–Trinajstić information content (AvgIpc) is 2.32. The Morgan fingerprint density at radius 3 is 2.65 bits per heavy atom. The maximum atomic E-state index is 3.67. The SMILES string of the molecule is CCCCCC(NCC)c1cc(C)ccc1Br. The van der Waals surface area contributed by atoms with Crippen molar-refractivity contribution in [2.24, 2.45) is 0 Å². The summed E-state index contributed by atoms with van der Waals surface area (Å²) in [6, 6.07) is 7.10. The Morgan fingerprint density at radius 2 is 2.00 bits per heavy atom. The molecule has 0 aliphatic rings. The smallest absolute Gasteiger partial charge is 0.0331 e. The van der Waals surface area contributed by atoms with Gasteiger partial charge in [-0.25, -0.2) is 0 Å². The van der Waals surface area contributed by atoms with Crippen LogP contribution >= 0.6 is 15.9 Å². The lowest BCUT2D eigenvalue weighted by Gasteiger charge is -2.20. The molecule has 0 spiro atoms. The van der Waals surface area contributed by atoms with Gasteiger partial charge in [-0.15, -0.1) is 0 Å². The average molecular weight is 298 g/mol. The molecule has 2 heteroatoms. The molecule has 0 aromatic heterocycles. The van der Waals surface area contributed by atoms with Gasteiger partial charge in [0.15, 0.2) is 0 Å². The summed E-state index contributed by atoms with van der Waals surface area (Å²) in [5, 5.41) is 3.60. The van der Waals surface area contributed by atoms with Gasteiger partial charge in [0.2, 0.25) is 0 Å². The Labute approximate surface area is 114 Å². The molecule has 0 radical (unpaired) electrons. The molecule has 0 fully saturated rings. The topological polar surface area (TPSA) is 12.0 Å². The number of hydrogen-bond donors (Lipinski definition) is 1. The van der Waals surface area contributed by atoms with Gasteiger partial charge in [0.1, 0.15) is 0 Å². The van der Waals surface area contributed by atoms with Gasteiger partial charge in [-0.05, 0) is 31.5 Å². The molecule has 1 aromatic carbocycles. The molecule has 1 rings (SSSR count). The summed E-state index contributed by atoms with van der Waals surface area (Å²) in [5.41, 5.74) is 2.74. The second kappa shape index (κ2) is 7.88. The quantitative estimate of drug-likeness (QED) is 0.699. The van der Waals surface area contributed by atoms with Crippen molar-refractivity contribution in [3.63, 3.8) is 0 Å². The van der Waals surface area contributed by atoms with Crippen molar-refractivity contribution in [2.75, 3.05) is 6.54 Å². The molecule has 1 aromatic rings. The Morgan fingerprint density at radius 1 is 1.24 bits per heavy atom. The molecule has 0 bridgehead atoms. The second-order valence-corrected chi connectivity index (χ2v) is 5.49. The van der Waals surface area contributed by atoms with E-state index in [0.717, 1.165) is 6.54 Å². The summed E-state index contributed by atoms with van der Waals surface area (Å²) in [6.45, 7) is 7.61. The number of aryl methyl sites for hydroxylation is 1. The summed E-state index contributed by atoms with van der Waals surface area (Å²) in [4.78, 5) is 0. The Kier molecular flexibility index (Phi) is 6.83. The molecule has 0 amide bonds. The first kappa shape index (κ1) is 14.7. The van der Waals surface area contributed by atoms with Gasteiger partial charge < -0.3 is 5.32 Å². The Bertz CT molecular complexity index is 336. The molecule has 0 heterocycles. The van der Waals surface area contributed by atoms with Gasteiger partial charge in [-0.2, -0.15) is 0 Å². The molecule has 1 N–H and O–H groups in total. The highest BCUT2D eigenvalue weighted by molar-refractivity contribution is 9.10. The highest BCUT2D eigenvalue weighted by Crippen LogP contribution is 2.28. The molecule has 96 valence electrons. The molecular weight excluding hydrogens is 274 g/mol. The van der Waals surface area contributed by atoms with Crippen molar-refractivity contribution in [1.82, 2.24) is 5.32 Å². The standard InChI is InChI=1S/C15H24BrN/c1-4-6-7-8-15(17-5-2)13-11-12(3)9-10-14(13)16/h9-11,15,17H,4-8H2,1-3H3. The molecule has 0 saturated carbocycles. The van der Waals surface area contributed by atoms with Gasteiger partial charge in [0, 0.05) is 10.5 Å². The molecular formula is C15H24BrN. The first-order valence-corrected chi connectivity index (χ1v) is 7.47. The van der Waals surface area contributed by atoms with E-state index in [-0.39, 0.29) is 0 Å². The van der Waals surface area contributed by atoms with Crippen molar-refractivity contribution >= 4 is 15.9 Å². The lowest BCUT2D eigenvalue weighted by Crippen LogP contribution is -2.21. The van der Waals surface area contributed by atoms with E-state index in [0.29, 0.717) is 6.04 Å². The third kappa shape index (κ3) is 4.81. The van der Waals surface area contributed by atoms with E-state index >= 15 is 0 Å². The summed E-state index contributed by atoms with van der Waals surface area (Å²) in [5.74, 6) is 0. The highest BCUT2D eigenvalue weighted by atomic mass is 79.9. The normalized spacial score (nSPS) is 12.7. The summed E-state index contributed by atoms with van der Waals surface area (Å²) >= 11 is 3.67. The summed E-state index contributed by atoms with van der Waals surface area (Å²) in [7, 11) is 0. The number of halogens is 1. The second-order valence-electron chi connectivity index (χ2n) is 4.63. The zero-order chi connectivity index (χ0) is 12.7. The Hall–Kier alpha value is -0.340. The fraction of sp³-hybridized carbons (Fsp3) is 0.600. The minimum atomic E-state index is 0.487. The molecule has 17 heavy (non-hydrogen) atoms. The van der Waals surface area contributed by atoms with Gasteiger partial charge in [0.25, 0.3) is 0 Å². The molecule has 1 atom stereocenters. The number of hydrogen-bond acceptors (Lipinski definition) is 1. The van der Waals surface area contributed by atoms with Crippen LogP contribution in [0.1, 0.15) is 56.7 Å². The van der Waals surface area contributed by atoms with Crippen LogP contribution in [0.3, 0.4) is 0 Å². The van der Waals surface area contributed by atoms with E-state index in [1.165, 1.54) is 41.3 Å². The summed E-state index contributed by atoms with van der Waals surface area (Å²) in [6.07, 6.45) is 5.14. The maximum Gasteiger partial charge on any atom is 0.0331 e. The molecule has 0 saturated heterocycles. The van der Waals surface area contributed by atoms with Crippen LogP contribution in [0.5, 0.6) is 0 Å². The largest absolute Gasteiger partial charge is 0.310 e. The van der Waals surface area contributed by atoms with Crippen molar-refractivity contribution in [2.45, 2.75) is 52.5 Å². The summed E-state index contributed by atoms with van der Waals surface area (Å²) < 4.78 is 1.23. The lowest BCUT2D eigenvalue weighted by molar-refractivity contribution is 0.485. The molecule has 1 nitrogen and oxygen atoms in total. The molecule has 1 unspecified atom stereocenters. The predicted molar refractivity (Wildman–Crippen MR) is 79.4 cm³/mol. The van der Waals surface area contributed by atoms with Crippen molar-refractivity contribution in [3.8, 4) is 0 Å². The van der Waals surface area contributed by atoms with Crippen LogP contribution < -0.4 is 5.32 Å². The highest BCUT2D eigenvalue weighted by Gasteiger charge is 2.13. The predicted octanol–water partition coefficient (Wildman–Crippen LogP) is 4.99. The molecule has 0 aliphatic heterocycles. The van der Waals surface area contributed by atoms with Crippen LogP contribution in [0.15, 0.2) is 22.7 Å². The van der Waals surface area contributed by atoms with E-state index in [9.17, 15) is 0 Å². The van der Waals surface area contributed by atoms with E-state index in [1.807, 2.05) is 0 Å². The minimum Gasteiger partial charge on any atom is -0.310 e. The first-order chi connectivity index (χ1) is 8.19. The Balaban J connectivity index is 2.77. The van der Waals surface area contributed by atoms with Gasteiger partial charge in [0.05, 0.1) is 0 Å². The van der Waals surface area contributed by atoms with Crippen LogP contribution in [0.4, 0.5) is 0 Å². The van der Waals surface area contributed by atoms with E-state index in [1.54, 1.807) is 0 Å². The van der Waals surface area contributed by atoms with Crippen molar-refractivity contribution < 1.29 is 0 Å². The monoisotopic (exact) mass is 297 g/mol. The minimum absolute atomic E-state index is 0.487. The number of rotatable bonds is 7. The fourth-order valence-electron chi connectivity index (χ4n) is 2.14.